The third-order valence-corrected chi connectivity index (χ3v) is 6.38. The minimum Gasteiger partial charge on any atom is -0.444 e. The predicted octanol–water partition coefficient (Wildman–Crippen LogP) is 4.16. The lowest BCUT2D eigenvalue weighted by atomic mass is 9.92. The maximum Gasteiger partial charge on any atom is 0.410 e. The lowest BCUT2D eigenvalue weighted by Gasteiger charge is -2.36. The van der Waals surface area contributed by atoms with Crippen LogP contribution in [0.1, 0.15) is 77.3 Å². The number of amides is 2. The summed E-state index contributed by atoms with van der Waals surface area (Å²) in [6.07, 6.45) is 4.65. The highest BCUT2D eigenvalue weighted by atomic mass is 16.6. The highest BCUT2D eigenvalue weighted by Gasteiger charge is 2.29. The van der Waals surface area contributed by atoms with Crippen LogP contribution in [0.3, 0.4) is 0 Å². The van der Waals surface area contributed by atoms with Gasteiger partial charge in [-0.25, -0.2) is 4.79 Å². The third kappa shape index (κ3) is 6.74. The number of nitrogens with one attached hydrogen (secondary N) is 1. The van der Waals surface area contributed by atoms with Crippen molar-refractivity contribution in [3.05, 3.63) is 24.0 Å². The highest BCUT2D eigenvalue weighted by Crippen LogP contribution is 2.26. The van der Waals surface area contributed by atoms with Crippen LogP contribution in [0, 0.1) is 11.8 Å². The average molecular weight is 447 g/mol. The van der Waals surface area contributed by atoms with E-state index in [-0.39, 0.29) is 24.1 Å². The molecule has 0 bridgehead atoms. The number of piperidine rings is 2. The van der Waals surface area contributed by atoms with Crippen LogP contribution in [0.4, 0.5) is 4.79 Å². The van der Waals surface area contributed by atoms with Crippen LogP contribution in [0.5, 0.6) is 0 Å². The van der Waals surface area contributed by atoms with Crippen molar-refractivity contribution in [2.24, 2.45) is 11.8 Å². The van der Waals surface area contributed by atoms with E-state index in [1.807, 2.05) is 39.1 Å². The summed E-state index contributed by atoms with van der Waals surface area (Å²) in [4.78, 5) is 29.6. The van der Waals surface area contributed by atoms with Crippen molar-refractivity contribution in [2.45, 2.75) is 78.5 Å². The maximum atomic E-state index is 13.0. The first kappa shape index (κ1) is 24.6. The van der Waals surface area contributed by atoms with Crippen LogP contribution in [0.25, 0.3) is 0 Å². The summed E-state index contributed by atoms with van der Waals surface area (Å²) in [5.74, 6) is 1.41. The summed E-state index contributed by atoms with van der Waals surface area (Å²) >= 11 is 0. The molecule has 3 atom stereocenters. The summed E-state index contributed by atoms with van der Waals surface area (Å²) in [6, 6.07) is 4.14. The number of nitrogens with zero attached hydrogens (tertiary/aromatic N) is 3. The Kier molecular flexibility index (Phi) is 7.91. The van der Waals surface area contributed by atoms with Crippen molar-refractivity contribution >= 4 is 12.0 Å². The monoisotopic (exact) mass is 446 g/mol. The standard InChI is InChI=1S/C25H42N4O3/c1-18-14-19(2)16-27(15-18)17-20(3)26-23(30)22-8-7-11-29(22)21-9-12-28(13-10-21)24(31)32-25(4,5)6/h7-8,11,18-21H,9-10,12-17H2,1-6H3,(H,26,30). The molecule has 2 fully saturated rings. The predicted molar refractivity (Wildman–Crippen MR) is 127 cm³/mol. The quantitative estimate of drug-likeness (QED) is 0.738. The SMILES string of the molecule is CC1CC(C)CN(CC(C)NC(=O)c2cccn2C2CCN(C(=O)OC(C)(C)C)CC2)C1. The van der Waals surface area contributed by atoms with Crippen LogP contribution < -0.4 is 5.32 Å². The van der Waals surface area contributed by atoms with E-state index in [1.165, 1.54) is 6.42 Å². The molecule has 2 saturated heterocycles. The van der Waals surface area contributed by atoms with Gasteiger partial charge in [-0.3, -0.25) is 4.79 Å². The molecule has 3 unspecified atom stereocenters. The minimum absolute atomic E-state index is 0.0184. The summed E-state index contributed by atoms with van der Waals surface area (Å²) in [7, 11) is 0. The topological polar surface area (TPSA) is 66.8 Å². The molecule has 2 aliphatic heterocycles. The van der Waals surface area contributed by atoms with Crippen molar-refractivity contribution in [1.82, 2.24) is 19.7 Å². The van der Waals surface area contributed by atoms with Gasteiger partial charge in [0.2, 0.25) is 0 Å². The molecule has 1 aromatic rings. The molecule has 0 radical (unpaired) electrons. The van der Waals surface area contributed by atoms with Crippen molar-refractivity contribution in [3.63, 3.8) is 0 Å². The minimum atomic E-state index is -0.486. The van der Waals surface area contributed by atoms with Crippen molar-refractivity contribution in [1.29, 1.82) is 0 Å². The van der Waals surface area contributed by atoms with Gasteiger partial charge in [0.1, 0.15) is 11.3 Å². The number of likely N-dealkylation sites (tertiary alicyclic amines) is 2. The molecule has 0 saturated carbocycles. The van der Waals surface area contributed by atoms with Gasteiger partial charge in [0.15, 0.2) is 0 Å². The van der Waals surface area contributed by atoms with E-state index in [0.29, 0.717) is 30.6 Å². The van der Waals surface area contributed by atoms with Crippen LogP contribution in [-0.4, -0.2) is 70.7 Å². The third-order valence-electron chi connectivity index (χ3n) is 6.38. The van der Waals surface area contributed by atoms with E-state index >= 15 is 0 Å². The second-order valence-corrected chi connectivity index (χ2v) is 11.0. The zero-order valence-corrected chi connectivity index (χ0v) is 20.8. The Bertz CT molecular complexity index is 766. The molecule has 7 heteroatoms. The van der Waals surface area contributed by atoms with E-state index < -0.39 is 5.60 Å². The molecular formula is C25H42N4O3. The molecule has 0 aromatic carbocycles. The smallest absolute Gasteiger partial charge is 0.410 e. The van der Waals surface area contributed by atoms with Crippen LogP contribution in [0.15, 0.2) is 18.3 Å². The van der Waals surface area contributed by atoms with Crippen molar-refractivity contribution in [2.75, 3.05) is 32.7 Å². The average Bonchev–Trinajstić information content (AvgIpc) is 3.15. The molecule has 7 nitrogen and oxygen atoms in total. The normalized spacial score (nSPS) is 24.2. The van der Waals surface area contributed by atoms with Crippen LogP contribution in [-0.2, 0) is 4.74 Å². The van der Waals surface area contributed by atoms with Crippen LogP contribution >= 0.6 is 0 Å². The van der Waals surface area contributed by atoms with Gasteiger partial charge in [-0.1, -0.05) is 13.8 Å². The summed E-state index contributed by atoms with van der Waals surface area (Å²) < 4.78 is 7.58. The highest BCUT2D eigenvalue weighted by molar-refractivity contribution is 5.93. The summed E-state index contributed by atoms with van der Waals surface area (Å²) in [5.41, 5.74) is 0.216. The van der Waals surface area contributed by atoms with E-state index in [2.05, 4.69) is 35.6 Å². The van der Waals surface area contributed by atoms with Gasteiger partial charge in [0.05, 0.1) is 0 Å². The molecule has 1 N–H and O–H groups in total. The molecule has 1 aromatic heterocycles. The van der Waals surface area contributed by atoms with Crippen LogP contribution in [0.2, 0.25) is 0 Å². The lowest BCUT2D eigenvalue weighted by Crippen LogP contribution is -2.47. The Morgan fingerprint density at radius 3 is 2.38 bits per heavy atom. The lowest BCUT2D eigenvalue weighted by molar-refractivity contribution is 0.0187. The first-order valence-corrected chi connectivity index (χ1v) is 12.2. The fourth-order valence-corrected chi connectivity index (χ4v) is 5.23. The molecule has 0 spiro atoms. The van der Waals surface area contributed by atoms with Gasteiger partial charge in [-0.05, 0) is 70.9 Å². The van der Waals surface area contributed by atoms with E-state index in [1.54, 1.807) is 4.90 Å². The molecule has 32 heavy (non-hydrogen) atoms. The van der Waals surface area contributed by atoms with Gasteiger partial charge in [0.25, 0.3) is 5.91 Å². The first-order chi connectivity index (χ1) is 15.0. The second-order valence-electron chi connectivity index (χ2n) is 11.0. The van der Waals surface area contributed by atoms with E-state index in [4.69, 9.17) is 4.74 Å². The Labute approximate surface area is 193 Å². The Balaban J connectivity index is 1.53. The molecule has 3 rings (SSSR count). The molecule has 180 valence electrons. The van der Waals surface area contributed by atoms with Gasteiger partial charge in [-0.15, -0.1) is 0 Å². The van der Waals surface area contributed by atoms with Crippen molar-refractivity contribution in [3.8, 4) is 0 Å². The Hall–Kier alpha value is -2.02. The molecule has 3 heterocycles. The molecule has 0 aliphatic carbocycles. The number of rotatable bonds is 5. The largest absolute Gasteiger partial charge is 0.444 e. The number of hydrogen-bond donors (Lipinski definition) is 1. The number of ether oxygens (including phenoxy) is 1. The number of carbonyl (C=O) groups excluding carboxylic acids is 2. The second kappa shape index (κ2) is 10.3. The zero-order valence-electron chi connectivity index (χ0n) is 20.8. The Morgan fingerprint density at radius 2 is 1.78 bits per heavy atom. The zero-order chi connectivity index (χ0) is 23.5. The first-order valence-electron chi connectivity index (χ1n) is 12.2. The van der Waals surface area contributed by atoms with E-state index in [9.17, 15) is 9.59 Å². The van der Waals surface area contributed by atoms with Crippen molar-refractivity contribution < 1.29 is 14.3 Å². The summed E-state index contributed by atoms with van der Waals surface area (Å²) in [6.45, 7) is 16.8. The Morgan fingerprint density at radius 1 is 1.16 bits per heavy atom. The van der Waals surface area contributed by atoms with Gasteiger partial charge in [0, 0.05) is 51.0 Å². The van der Waals surface area contributed by atoms with E-state index in [0.717, 1.165) is 32.5 Å². The fourth-order valence-electron chi connectivity index (χ4n) is 5.23. The number of carbonyl (C=O) groups is 2. The molecule has 2 amide bonds. The maximum absolute atomic E-state index is 13.0. The summed E-state index contributed by atoms with van der Waals surface area (Å²) in [5, 5.41) is 3.21. The fraction of sp³-hybridized carbons (Fsp3) is 0.760. The van der Waals surface area contributed by atoms with Gasteiger partial charge >= 0.3 is 6.09 Å². The van der Waals surface area contributed by atoms with Gasteiger partial charge in [-0.2, -0.15) is 0 Å². The molecular weight excluding hydrogens is 404 g/mol. The number of aromatic nitrogens is 1. The van der Waals surface area contributed by atoms with Gasteiger partial charge < -0.3 is 24.4 Å². The molecule has 2 aliphatic rings. The number of hydrogen-bond acceptors (Lipinski definition) is 4.